The van der Waals surface area contributed by atoms with E-state index in [-0.39, 0.29) is 5.95 Å². The van der Waals surface area contributed by atoms with Crippen LogP contribution in [-0.4, -0.2) is 36.2 Å². The van der Waals surface area contributed by atoms with Crippen LogP contribution in [0.5, 0.6) is 5.75 Å². The number of methoxy groups -OCH3 is 1. The first-order chi connectivity index (χ1) is 8.60. The highest BCUT2D eigenvalue weighted by molar-refractivity contribution is 5.58. The smallest absolute Gasteiger partial charge is 0.230 e. The summed E-state index contributed by atoms with van der Waals surface area (Å²) in [5.41, 5.74) is 6.55. The summed E-state index contributed by atoms with van der Waals surface area (Å²) in [6, 6.07) is 7.47. The lowest BCUT2D eigenvalue weighted by atomic mass is 10.2. The van der Waals surface area contributed by atoms with E-state index in [0.717, 1.165) is 11.3 Å². The van der Waals surface area contributed by atoms with E-state index in [9.17, 15) is 0 Å². The van der Waals surface area contributed by atoms with Crippen molar-refractivity contribution in [3.8, 4) is 17.1 Å². The zero-order valence-corrected chi connectivity index (χ0v) is 10.6. The van der Waals surface area contributed by atoms with Crippen molar-refractivity contribution >= 4 is 11.9 Å². The predicted molar refractivity (Wildman–Crippen MR) is 70.6 cm³/mol. The van der Waals surface area contributed by atoms with Gasteiger partial charge in [-0.3, -0.25) is 0 Å². The number of aromatic nitrogens is 3. The van der Waals surface area contributed by atoms with E-state index < -0.39 is 0 Å². The van der Waals surface area contributed by atoms with Crippen LogP contribution in [0.25, 0.3) is 11.4 Å². The number of nitrogens with two attached hydrogens (primary N) is 1. The second-order valence-electron chi connectivity index (χ2n) is 3.94. The van der Waals surface area contributed by atoms with E-state index in [1.165, 1.54) is 0 Å². The SMILES string of the molecule is COc1ccc(-c2nc(N)nc(N(C)C)n2)cc1. The van der Waals surface area contributed by atoms with Crippen molar-refractivity contribution in [3.63, 3.8) is 0 Å². The minimum Gasteiger partial charge on any atom is -0.497 e. The van der Waals surface area contributed by atoms with Crippen LogP contribution in [0, 0.1) is 0 Å². The monoisotopic (exact) mass is 245 g/mol. The lowest BCUT2D eigenvalue weighted by Crippen LogP contribution is -2.15. The quantitative estimate of drug-likeness (QED) is 0.875. The Morgan fingerprint density at radius 1 is 1.06 bits per heavy atom. The fourth-order valence-corrected chi connectivity index (χ4v) is 1.45. The summed E-state index contributed by atoms with van der Waals surface area (Å²) in [6.45, 7) is 0. The molecule has 0 fully saturated rings. The molecule has 2 rings (SSSR count). The highest BCUT2D eigenvalue weighted by Gasteiger charge is 2.08. The summed E-state index contributed by atoms with van der Waals surface area (Å²) in [6.07, 6.45) is 0. The molecule has 0 amide bonds. The molecule has 6 nitrogen and oxygen atoms in total. The van der Waals surface area contributed by atoms with Gasteiger partial charge in [0.15, 0.2) is 5.82 Å². The second kappa shape index (κ2) is 4.87. The molecule has 6 heteroatoms. The van der Waals surface area contributed by atoms with Crippen LogP contribution < -0.4 is 15.4 Å². The molecule has 1 aromatic carbocycles. The van der Waals surface area contributed by atoms with Crippen LogP contribution in [0.3, 0.4) is 0 Å². The Morgan fingerprint density at radius 2 is 1.72 bits per heavy atom. The molecule has 2 N–H and O–H groups in total. The van der Waals surface area contributed by atoms with Crippen LogP contribution >= 0.6 is 0 Å². The molecule has 1 aromatic heterocycles. The highest BCUT2D eigenvalue weighted by Crippen LogP contribution is 2.20. The van der Waals surface area contributed by atoms with Gasteiger partial charge >= 0.3 is 0 Å². The van der Waals surface area contributed by atoms with Gasteiger partial charge in [-0.05, 0) is 24.3 Å². The van der Waals surface area contributed by atoms with Gasteiger partial charge in [0, 0.05) is 19.7 Å². The zero-order chi connectivity index (χ0) is 13.1. The summed E-state index contributed by atoms with van der Waals surface area (Å²) in [4.78, 5) is 14.3. The summed E-state index contributed by atoms with van der Waals surface area (Å²) in [5.74, 6) is 2.08. The fourth-order valence-electron chi connectivity index (χ4n) is 1.45. The maximum absolute atomic E-state index is 5.68. The van der Waals surface area contributed by atoms with E-state index in [4.69, 9.17) is 10.5 Å². The molecule has 1 heterocycles. The van der Waals surface area contributed by atoms with Gasteiger partial charge in [0.2, 0.25) is 11.9 Å². The van der Waals surface area contributed by atoms with Crippen molar-refractivity contribution in [2.24, 2.45) is 0 Å². The van der Waals surface area contributed by atoms with Crippen LogP contribution in [-0.2, 0) is 0 Å². The van der Waals surface area contributed by atoms with Gasteiger partial charge in [0.05, 0.1) is 7.11 Å². The maximum atomic E-state index is 5.68. The maximum Gasteiger partial charge on any atom is 0.230 e. The molecule has 0 aliphatic heterocycles. The molecule has 2 aromatic rings. The largest absolute Gasteiger partial charge is 0.497 e. The molecule has 0 saturated carbocycles. The minimum atomic E-state index is 0.208. The van der Waals surface area contributed by atoms with Crippen LogP contribution in [0.4, 0.5) is 11.9 Å². The molecule has 0 spiro atoms. The number of nitrogens with zero attached hydrogens (tertiary/aromatic N) is 4. The zero-order valence-electron chi connectivity index (χ0n) is 10.6. The average molecular weight is 245 g/mol. The summed E-state index contributed by atoms with van der Waals surface area (Å²) in [7, 11) is 5.33. The van der Waals surface area contributed by atoms with Crippen molar-refractivity contribution in [2.75, 3.05) is 31.8 Å². The lowest BCUT2D eigenvalue weighted by Gasteiger charge is -2.11. The number of benzene rings is 1. The van der Waals surface area contributed by atoms with Crippen LogP contribution in [0.2, 0.25) is 0 Å². The third kappa shape index (κ3) is 2.48. The van der Waals surface area contributed by atoms with Gasteiger partial charge in [0.25, 0.3) is 0 Å². The summed E-state index contributed by atoms with van der Waals surface area (Å²) in [5, 5.41) is 0. The molecule has 0 bridgehead atoms. The molecule has 18 heavy (non-hydrogen) atoms. The van der Waals surface area contributed by atoms with Gasteiger partial charge < -0.3 is 15.4 Å². The van der Waals surface area contributed by atoms with E-state index in [1.54, 1.807) is 12.0 Å². The standard InChI is InChI=1S/C12H15N5O/c1-17(2)12-15-10(14-11(13)16-12)8-4-6-9(18-3)7-5-8/h4-7H,1-3H3,(H2,13,14,15,16). The van der Waals surface area contributed by atoms with Gasteiger partial charge in [-0.25, -0.2) is 0 Å². The Morgan fingerprint density at radius 3 is 2.28 bits per heavy atom. The molecule has 94 valence electrons. The number of ether oxygens (including phenoxy) is 1. The second-order valence-corrected chi connectivity index (χ2v) is 3.94. The molecular weight excluding hydrogens is 230 g/mol. The van der Waals surface area contributed by atoms with Crippen molar-refractivity contribution in [2.45, 2.75) is 0 Å². The molecule has 0 radical (unpaired) electrons. The number of nitrogen functional groups attached to an aromatic ring is 1. The van der Waals surface area contributed by atoms with E-state index >= 15 is 0 Å². The van der Waals surface area contributed by atoms with Crippen molar-refractivity contribution in [1.29, 1.82) is 0 Å². The third-order valence-electron chi connectivity index (χ3n) is 2.39. The molecule has 0 atom stereocenters. The lowest BCUT2D eigenvalue weighted by molar-refractivity contribution is 0.415. The predicted octanol–water partition coefficient (Wildman–Crippen LogP) is 1.20. The van der Waals surface area contributed by atoms with Gasteiger partial charge in [-0.2, -0.15) is 15.0 Å². The van der Waals surface area contributed by atoms with E-state index in [2.05, 4.69) is 15.0 Å². The minimum absolute atomic E-state index is 0.208. The Kier molecular flexibility index (Phi) is 3.27. The Labute approximate surface area is 105 Å². The highest BCUT2D eigenvalue weighted by atomic mass is 16.5. The van der Waals surface area contributed by atoms with Crippen molar-refractivity contribution in [1.82, 2.24) is 15.0 Å². The normalized spacial score (nSPS) is 10.2. The average Bonchev–Trinajstić information content (AvgIpc) is 2.38. The van der Waals surface area contributed by atoms with Gasteiger partial charge in [-0.15, -0.1) is 0 Å². The number of rotatable bonds is 3. The summed E-state index contributed by atoms with van der Waals surface area (Å²) < 4.78 is 5.10. The Hall–Kier alpha value is -2.37. The summed E-state index contributed by atoms with van der Waals surface area (Å²) >= 11 is 0. The van der Waals surface area contributed by atoms with Crippen LogP contribution in [0.15, 0.2) is 24.3 Å². The van der Waals surface area contributed by atoms with Gasteiger partial charge in [0.1, 0.15) is 5.75 Å². The van der Waals surface area contributed by atoms with E-state index in [0.29, 0.717) is 11.8 Å². The van der Waals surface area contributed by atoms with Crippen molar-refractivity contribution in [3.05, 3.63) is 24.3 Å². The Balaban J connectivity index is 2.42. The number of hydrogen-bond donors (Lipinski definition) is 1. The van der Waals surface area contributed by atoms with E-state index in [1.807, 2.05) is 38.4 Å². The van der Waals surface area contributed by atoms with Crippen LogP contribution in [0.1, 0.15) is 0 Å². The molecule has 0 unspecified atom stereocenters. The Bertz CT molecular complexity index is 539. The molecular formula is C12H15N5O. The first-order valence-corrected chi connectivity index (χ1v) is 5.43. The topological polar surface area (TPSA) is 77.2 Å². The van der Waals surface area contributed by atoms with Gasteiger partial charge in [-0.1, -0.05) is 0 Å². The number of hydrogen-bond acceptors (Lipinski definition) is 6. The molecule has 0 aliphatic rings. The molecule has 0 aliphatic carbocycles. The first kappa shape index (κ1) is 12.1. The third-order valence-corrected chi connectivity index (χ3v) is 2.39. The fraction of sp³-hybridized carbons (Fsp3) is 0.250. The first-order valence-electron chi connectivity index (χ1n) is 5.43. The van der Waals surface area contributed by atoms with Crippen molar-refractivity contribution < 1.29 is 4.74 Å². The molecule has 0 saturated heterocycles. The number of anilines is 2.